The number of nitrogens with zero attached hydrogens (tertiary/aromatic N) is 2. The molecule has 0 radical (unpaired) electrons. The molecule has 0 saturated heterocycles. The van der Waals surface area contributed by atoms with Gasteiger partial charge in [0.25, 0.3) is 11.8 Å². The van der Waals surface area contributed by atoms with Gasteiger partial charge in [-0.05, 0) is 68.3 Å². The second-order valence-corrected chi connectivity index (χ2v) is 11.9. The van der Waals surface area contributed by atoms with Crippen LogP contribution < -0.4 is 15.8 Å². The number of aliphatic hydroxyl groups is 1. The molecule has 0 saturated carbocycles. The Bertz CT molecular complexity index is 1740. The van der Waals surface area contributed by atoms with Gasteiger partial charge in [0.1, 0.15) is 6.54 Å². The molecule has 0 spiro atoms. The van der Waals surface area contributed by atoms with Crippen LogP contribution in [0.3, 0.4) is 0 Å². The predicted octanol–water partition coefficient (Wildman–Crippen LogP) is 4.06. The molecule has 3 aromatic carbocycles. The van der Waals surface area contributed by atoms with Crippen molar-refractivity contribution in [2.45, 2.75) is 43.5 Å². The van der Waals surface area contributed by atoms with Crippen LogP contribution in [-0.4, -0.2) is 53.4 Å². The molecular weight excluding hydrogens is 575 g/mol. The smallest absolute Gasteiger partial charge is 0.390 e. The van der Waals surface area contributed by atoms with Crippen LogP contribution in [0.15, 0.2) is 71.8 Å². The van der Waals surface area contributed by atoms with Crippen molar-refractivity contribution in [2.75, 3.05) is 11.9 Å². The summed E-state index contributed by atoms with van der Waals surface area (Å²) in [4.78, 5) is 25.1. The van der Waals surface area contributed by atoms with Crippen LogP contribution >= 0.6 is 0 Å². The second-order valence-electron chi connectivity index (χ2n) is 10.3. The lowest BCUT2D eigenvalue weighted by molar-refractivity contribution is -0.123. The molecule has 0 aliphatic carbocycles. The van der Waals surface area contributed by atoms with Crippen LogP contribution in [0, 0.1) is 0 Å². The van der Waals surface area contributed by atoms with Crippen LogP contribution in [0.4, 0.5) is 18.9 Å². The summed E-state index contributed by atoms with van der Waals surface area (Å²) in [6.45, 7) is 2.31. The SMILES string of the molecule is CC(C)(O)CCn1cc2cc(NC(=O)c3cccc(S(N)(=O)=O)c3)c(-c3ccc(C(=O)NCC(F)(F)F)cc3)cc2n1. The number of hydrogen-bond acceptors (Lipinski definition) is 6. The van der Waals surface area contributed by atoms with Crippen LogP contribution in [0.1, 0.15) is 41.0 Å². The highest BCUT2D eigenvalue weighted by molar-refractivity contribution is 7.89. The van der Waals surface area contributed by atoms with Gasteiger partial charge in [-0.15, -0.1) is 0 Å². The fraction of sp³-hybridized carbons (Fsp3) is 0.250. The maximum Gasteiger partial charge on any atom is 0.405 e. The number of sulfonamides is 1. The summed E-state index contributed by atoms with van der Waals surface area (Å²) in [5.41, 5.74) is 1.00. The molecule has 42 heavy (non-hydrogen) atoms. The number of amides is 2. The van der Waals surface area contributed by atoms with Crippen molar-refractivity contribution < 1.29 is 36.3 Å². The van der Waals surface area contributed by atoms with Crippen LogP contribution in [0.2, 0.25) is 0 Å². The summed E-state index contributed by atoms with van der Waals surface area (Å²) in [5.74, 6) is -1.53. The quantitative estimate of drug-likeness (QED) is 0.226. The number of aromatic nitrogens is 2. The van der Waals surface area contributed by atoms with E-state index in [9.17, 15) is 36.3 Å². The average molecular weight is 604 g/mol. The first-order valence-electron chi connectivity index (χ1n) is 12.6. The standard InChI is InChI=1S/C28H28F3N5O5S/c1-27(2,39)10-11-36-15-20-13-24(34-26(38)19-4-3-5-21(12-19)42(32,40)41)22(14-23(20)35-36)17-6-8-18(9-7-17)25(37)33-16-28(29,30)31/h3-9,12-15,39H,10-11,16H2,1-2H3,(H,33,37)(H,34,38)(H2,32,40,41). The molecule has 0 aliphatic heterocycles. The van der Waals surface area contributed by atoms with E-state index in [0.29, 0.717) is 40.7 Å². The first-order valence-corrected chi connectivity index (χ1v) is 14.2. The number of halogens is 3. The molecule has 10 nitrogen and oxygen atoms in total. The number of rotatable bonds is 9. The zero-order chi connectivity index (χ0) is 30.9. The Balaban J connectivity index is 1.71. The van der Waals surface area contributed by atoms with Crippen LogP contribution in [-0.2, 0) is 16.6 Å². The number of nitrogens with one attached hydrogen (secondary N) is 2. The van der Waals surface area contributed by atoms with E-state index < -0.39 is 40.2 Å². The van der Waals surface area contributed by atoms with Gasteiger partial charge >= 0.3 is 6.18 Å². The molecule has 4 rings (SSSR count). The molecule has 0 aliphatic rings. The maximum atomic E-state index is 13.2. The highest BCUT2D eigenvalue weighted by Gasteiger charge is 2.28. The lowest BCUT2D eigenvalue weighted by Gasteiger charge is -2.16. The van der Waals surface area contributed by atoms with Crippen molar-refractivity contribution in [3.8, 4) is 11.1 Å². The Morgan fingerprint density at radius 3 is 2.31 bits per heavy atom. The Labute approximate surface area is 239 Å². The molecule has 222 valence electrons. The van der Waals surface area contributed by atoms with E-state index in [0.717, 1.165) is 6.07 Å². The Morgan fingerprint density at radius 2 is 1.69 bits per heavy atom. The minimum absolute atomic E-state index is 0.00497. The molecule has 5 N–H and O–H groups in total. The molecule has 0 fully saturated rings. The van der Waals surface area contributed by atoms with Crippen molar-refractivity contribution in [1.82, 2.24) is 15.1 Å². The number of anilines is 1. The van der Waals surface area contributed by atoms with Gasteiger partial charge in [0.15, 0.2) is 0 Å². The average Bonchev–Trinajstić information content (AvgIpc) is 3.31. The van der Waals surface area contributed by atoms with Gasteiger partial charge in [-0.3, -0.25) is 14.3 Å². The Kier molecular flexibility index (Phi) is 8.43. The fourth-order valence-corrected chi connectivity index (χ4v) is 4.62. The summed E-state index contributed by atoms with van der Waals surface area (Å²) in [6.07, 6.45) is -2.38. The van der Waals surface area contributed by atoms with E-state index in [-0.39, 0.29) is 16.0 Å². The number of aryl methyl sites for hydroxylation is 1. The summed E-state index contributed by atoms with van der Waals surface area (Å²) >= 11 is 0. The second kappa shape index (κ2) is 11.5. The molecule has 1 aromatic heterocycles. The highest BCUT2D eigenvalue weighted by atomic mass is 32.2. The highest BCUT2D eigenvalue weighted by Crippen LogP contribution is 2.33. The van der Waals surface area contributed by atoms with Crippen molar-refractivity contribution >= 4 is 38.4 Å². The summed E-state index contributed by atoms with van der Waals surface area (Å²) in [5, 5.41) is 25.1. The van der Waals surface area contributed by atoms with Crippen LogP contribution in [0.5, 0.6) is 0 Å². The van der Waals surface area contributed by atoms with Crippen molar-refractivity contribution in [3.05, 3.63) is 78.0 Å². The summed E-state index contributed by atoms with van der Waals surface area (Å²) in [7, 11) is -4.05. The number of carbonyl (C=O) groups is 2. The topological polar surface area (TPSA) is 156 Å². The first kappa shape index (κ1) is 30.7. The van der Waals surface area contributed by atoms with Gasteiger partial charge in [-0.2, -0.15) is 18.3 Å². The Hall–Kier alpha value is -4.27. The molecule has 1 heterocycles. The summed E-state index contributed by atoms with van der Waals surface area (Å²) < 4.78 is 62.7. The predicted molar refractivity (Wildman–Crippen MR) is 150 cm³/mol. The fourth-order valence-electron chi connectivity index (χ4n) is 4.06. The Morgan fingerprint density at radius 1 is 1.00 bits per heavy atom. The van der Waals surface area contributed by atoms with Gasteiger partial charge in [0.2, 0.25) is 10.0 Å². The molecule has 14 heteroatoms. The zero-order valence-electron chi connectivity index (χ0n) is 22.6. The molecule has 0 unspecified atom stereocenters. The van der Waals surface area contributed by atoms with E-state index in [1.807, 2.05) is 5.32 Å². The number of fused-ring (bicyclic) bond motifs is 1. The normalized spacial score (nSPS) is 12.4. The van der Waals surface area contributed by atoms with E-state index >= 15 is 0 Å². The van der Waals surface area contributed by atoms with Crippen molar-refractivity contribution in [2.24, 2.45) is 5.14 Å². The minimum atomic E-state index is -4.55. The van der Waals surface area contributed by atoms with Gasteiger partial charge < -0.3 is 15.7 Å². The molecule has 0 bridgehead atoms. The van der Waals surface area contributed by atoms with Gasteiger partial charge in [0.05, 0.1) is 16.0 Å². The van der Waals surface area contributed by atoms with Gasteiger partial charge in [-0.1, -0.05) is 18.2 Å². The monoisotopic (exact) mass is 603 g/mol. The maximum absolute atomic E-state index is 13.2. The lowest BCUT2D eigenvalue weighted by atomic mass is 10.00. The first-order chi connectivity index (χ1) is 19.5. The van der Waals surface area contributed by atoms with Gasteiger partial charge in [0, 0.05) is 40.5 Å². The zero-order valence-corrected chi connectivity index (χ0v) is 23.4. The number of hydrogen-bond donors (Lipinski definition) is 4. The molecule has 2 amide bonds. The number of primary sulfonamides is 1. The van der Waals surface area contributed by atoms with E-state index in [1.54, 1.807) is 36.9 Å². The van der Waals surface area contributed by atoms with Crippen molar-refractivity contribution in [1.29, 1.82) is 0 Å². The number of carbonyl (C=O) groups excluding carboxylic acids is 2. The third-order valence-electron chi connectivity index (χ3n) is 6.22. The molecular formula is C28H28F3N5O5S. The number of alkyl halides is 3. The molecule has 4 aromatic rings. The molecule has 0 atom stereocenters. The lowest BCUT2D eigenvalue weighted by Crippen LogP contribution is -2.33. The van der Waals surface area contributed by atoms with E-state index in [2.05, 4.69) is 10.4 Å². The van der Waals surface area contributed by atoms with E-state index in [1.165, 1.54) is 42.5 Å². The largest absolute Gasteiger partial charge is 0.405 e. The minimum Gasteiger partial charge on any atom is -0.390 e. The third-order valence-corrected chi connectivity index (χ3v) is 7.14. The third kappa shape index (κ3) is 7.93. The van der Waals surface area contributed by atoms with E-state index in [4.69, 9.17) is 5.14 Å². The van der Waals surface area contributed by atoms with Gasteiger partial charge in [-0.25, -0.2) is 13.6 Å². The van der Waals surface area contributed by atoms with Crippen molar-refractivity contribution in [3.63, 3.8) is 0 Å². The number of benzene rings is 3. The summed E-state index contributed by atoms with van der Waals surface area (Å²) in [6, 6.07) is 14.3. The number of nitrogens with two attached hydrogens (primary N) is 1. The van der Waals surface area contributed by atoms with Crippen LogP contribution in [0.25, 0.3) is 22.0 Å².